The topological polar surface area (TPSA) is 39.4 Å². The van der Waals surface area contributed by atoms with Gasteiger partial charge in [0.05, 0.1) is 19.6 Å². The van der Waals surface area contributed by atoms with Crippen LogP contribution in [-0.2, 0) is 6.54 Å². The maximum Gasteiger partial charge on any atom is 0.227 e. The van der Waals surface area contributed by atoms with E-state index < -0.39 is 0 Å². The van der Waals surface area contributed by atoms with Gasteiger partial charge in [0.1, 0.15) is 0 Å². The molecule has 1 heterocycles. The second kappa shape index (κ2) is 8.40. The lowest BCUT2D eigenvalue weighted by atomic mass is 10.0. The van der Waals surface area contributed by atoms with E-state index in [0.29, 0.717) is 17.1 Å². The molecule has 0 N–H and O–H groups in total. The van der Waals surface area contributed by atoms with Gasteiger partial charge in [-0.3, -0.25) is 4.79 Å². The van der Waals surface area contributed by atoms with Gasteiger partial charge in [-0.05, 0) is 41.1 Å². The predicted octanol–water partition coefficient (Wildman–Crippen LogP) is 1.18. The quantitative estimate of drug-likeness (QED) is 0.267. The van der Waals surface area contributed by atoms with E-state index in [1.165, 1.54) is 10.8 Å². The molecule has 0 bridgehead atoms. The first kappa shape index (κ1) is 19.8. The number of carbonyl (C=O) groups is 1. The first-order chi connectivity index (χ1) is 13.2. The number of Topliss-reactive ketones (excluding diaryl/α,β-unsaturated/α-hetero) is 1. The van der Waals surface area contributed by atoms with Gasteiger partial charge in [-0.1, -0.05) is 24.3 Å². The lowest BCUT2D eigenvalue weighted by molar-refractivity contribution is -0.657. The molecule has 0 saturated heterocycles. The molecular formula is C23H20BrNO3. The largest absolute Gasteiger partial charge is 1.00 e. The number of aromatic nitrogens is 1. The van der Waals surface area contributed by atoms with Crippen LogP contribution in [0.2, 0.25) is 0 Å². The van der Waals surface area contributed by atoms with Crippen molar-refractivity contribution in [1.82, 2.24) is 0 Å². The smallest absolute Gasteiger partial charge is 0.227 e. The number of nitrogens with zero attached hydrogens (tertiary/aromatic N) is 1. The second-order valence-electron chi connectivity index (χ2n) is 6.35. The summed E-state index contributed by atoms with van der Waals surface area (Å²) in [7, 11) is 3.15. The molecule has 4 rings (SSSR count). The molecule has 0 saturated carbocycles. The highest BCUT2D eigenvalue weighted by Crippen LogP contribution is 2.28. The zero-order chi connectivity index (χ0) is 18.8. The Hall–Kier alpha value is -2.92. The summed E-state index contributed by atoms with van der Waals surface area (Å²) in [5, 5.41) is 3.51. The molecule has 0 atom stereocenters. The number of rotatable bonds is 5. The third-order valence-electron chi connectivity index (χ3n) is 4.81. The van der Waals surface area contributed by atoms with Crippen LogP contribution < -0.4 is 31.0 Å². The monoisotopic (exact) mass is 437 g/mol. The normalized spacial score (nSPS) is 10.5. The number of hydrogen-bond donors (Lipinski definition) is 0. The summed E-state index contributed by atoms with van der Waals surface area (Å²) in [6.45, 7) is 0.255. The lowest BCUT2D eigenvalue weighted by Crippen LogP contribution is -3.00. The van der Waals surface area contributed by atoms with Gasteiger partial charge >= 0.3 is 0 Å². The summed E-state index contributed by atoms with van der Waals surface area (Å²) >= 11 is 0. The number of pyridine rings is 1. The standard InChI is InChI=1S/C23H20NO3.BrH/c1-26-22-12-10-17(14-23(22)27-2)21(25)15-24-13-5-8-19-18-7-4-3-6-16(18)9-11-20(19)24;/h3-14H,15H2,1-2H3;1H/q+1;/p-1. The van der Waals surface area contributed by atoms with Gasteiger partial charge in [-0.15, -0.1) is 0 Å². The predicted molar refractivity (Wildman–Crippen MR) is 106 cm³/mol. The molecule has 0 aliphatic rings. The van der Waals surface area contributed by atoms with Crippen molar-refractivity contribution in [2.75, 3.05) is 14.2 Å². The van der Waals surface area contributed by atoms with Crippen molar-refractivity contribution >= 4 is 27.5 Å². The molecule has 142 valence electrons. The summed E-state index contributed by atoms with van der Waals surface area (Å²) in [4.78, 5) is 12.9. The highest BCUT2D eigenvalue weighted by atomic mass is 79.9. The number of ether oxygens (including phenoxy) is 2. The van der Waals surface area contributed by atoms with Crippen LogP contribution >= 0.6 is 0 Å². The van der Waals surface area contributed by atoms with E-state index in [0.717, 1.165) is 10.9 Å². The van der Waals surface area contributed by atoms with Crippen molar-refractivity contribution in [3.63, 3.8) is 0 Å². The minimum Gasteiger partial charge on any atom is -1.00 e. The van der Waals surface area contributed by atoms with Crippen molar-refractivity contribution in [3.8, 4) is 11.5 Å². The number of carbonyl (C=O) groups excluding carboxylic acids is 1. The van der Waals surface area contributed by atoms with Crippen LogP contribution in [0.25, 0.3) is 21.7 Å². The SMILES string of the molecule is COc1ccc(C(=O)C[n+]2cccc3c4ccccc4ccc32)cc1OC.[Br-]. The zero-order valence-electron chi connectivity index (χ0n) is 15.7. The molecule has 0 spiro atoms. The fraction of sp³-hybridized carbons (Fsp3) is 0.130. The number of hydrogen-bond acceptors (Lipinski definition) is 3. The minimum atomic E-state index is 0. The molecule has 4 aromatic rings. The van der Waals surface area contributed by atoms with E-state index in [-0.39, 0.29) is 29.3 Å². The fourth-order valence-electron chi connectivity index (χ4n) is 3.43. The lowest BCUT2D eigenvalue weighted by Gasteiger charge is -2.09. The van der Waals surface area contributed by atoms with Gasteiger partial charge in [0.15, 0.2) is 17.7 Å². The summed E-state index contributed by atoms with van der Waals surface area (Å²) < 4.78 is 12.5. The van der Waals surface area contributed by atoms with Gasteiger partial charge in [-0.25, -0.2) is 0 Å². The first-order valence-electron chi connectivity index (χ1n) is 8.76. The summed E-state index contributed by atoms with van der Waals surface area (Å²) in [6.07, 6.45) is 1.94. The average Bonchev–Trinajstić information content (AvgIpc) is 2.73. The van der Waals surface area contributed by atoms with Gasteiger partial charge in [0.25, 0.3) is 0 Å². The molecule has 0 unspecified atom stereocenters. The molecule has 3 aromatic carbocycles. The molecule has 1 aromatic heterocycles. The summed E-state index contributed by atoms with van der Waals surface area (Å²) in [5.74, 6) is 1.18. The van der Waals surface area contributed by atoms with Gasteiger partial charge in [-0.2, -0.15) is 4.57 Å². The minimum absolute atomic E-state index is 0. The molecular weight excluding hydrogens is 418 g/mol. The average molecular weight is 438 g/mol. The van der Waals surface area contributed by atoms with E-state index in [2.05, 4.69) is 30.3 Å². The Balaban J connectivity index is 0.00000225. The van der Waals surface area contributed by atoms with Crippen LogP contribution in [0.1, 0.15) is 10.4 Å². The zero-order valence-corrected chi connectivity index (χ0v) is 17.3. The van der Waals surface area contributed by atoms with Crippen molar-refractivity contribution < 1.29 is 35.8 Å². The maximum atomic E-state index is 12.9. The Bertz CT molecular complexity index is 1160. The fourth-order valence-corrected chi connectivity index (χ4v) is 3.43. The number of halogens is 1. The molecule has 0 amide bonds. The van der Waals surface area contributed by atoms with Crippen LogP contribution in [0.4, 0.5) is 0 Å². The van der Waals surface area contributed by atoms with Crippen molar-refractivity contribution in [3.05, 3.63) is 78.5 Å². The van der Waals surface area contributed by atoms with Crippen LogP contribution in [0, 0.1) is 0 Å². The molecule has 0 fully saturated rings. The van der Waals surface area contributed by atoms with E-state index >= 15 is 0 Å². The third kappa shape index (κ3) is 3.58. The van der Waals surface area contributed by atoms with Crippen LogP contribution in [0.15, 0.2) is 72.9 Å². The Kier molecular flexibility index (Phi) is 5.95. The van der Waals surface area contributed by atoms with E-state index in [1.807, 2.05) is 29.0 Å². The number of ketones is 1. The van der Waals surface area contributed by atoms with Crippen LogP contribution in [0.3, 0.4) is 0 Å². The first-order valence-corrected chi connectivity index (χ1v) is 8.76. The molecule has 4 nitrogen and oxygen atoms in total. The van der Waals surface area contributed by atoms with Crippen LogP contribution in [-0.4, -0.2) is 20.0 Å². The number of benzene rings is 3. The van der Waals surface area contributed by atoms with Crippen molar-refractivity contribution in [2.24, 2.45) is 0 Å². The highest BCUT2D eigenvalue weighted by molar-refractivity contribution is 6.05. The van der Waals surface area contributed by atoms with E-state index in [1.54, 1.807) is 32.4 Å². The third-order valence-corrected chi connectivity index (χ3v) is 4.81. The Morgan fingerprint density at radius 3 is 2.39 bits per heavy atom. The maximum absolute atomic E-state index is 12.9. The molecule has 0 aliphatic heterocycles. The number of methoxy groups -OCH3 is 2. The molecule has 28 heavy (non-hydrogen) atoms. The molecule has 5 heteroatoms. The second-order valence-corrected chi connectivity index (χ2v) is 6.35. The van der Waals surface area contributed by atoms with Crippen LogP contribution in [0.5, 0.6) is 11.5 Å². The summed E-state index contributed by atoms with van der Waals surface area (Å²) in [5.41, 5.74) is 1.63. The van der Waals surface area contributed by atoms with Gasteiger partial charge in [0.2, 0.25) is 17.8 Å². The number of fused-ring (bicyclic) bond motifs is 3. The van der Waals surface area contributed by atoms with Gasteiger partial charge < -0.3 is 26.5 Å². The molecule has 0 radical (unpaired) electrons. The summed E-state index contributed by atoms with van der Waals surface area (Å²) in [6, 6.07) is 21.8. The molecule has 0 aliphatic carbocycles. The van der Waals surface area contributed by atoms with Crippen molar-refractivity contribution in [1.29, 1.82) is 0 Å². The van der Waals surface area contributed by atoms with E-state index in [9.17, 15) is 4.79 Å². The van der Waals surface area contributed by atoms with Crippen molar-refractivity contribution in [2.45, 2.75) is 6.54 Å². The Morgan fingerprint density at radius 1 is 0.857 bits per heavy atom. The van der Waals surface area contributed by atoms with E-state index in [4.69, 9.17) is 9.47 Å². The van der Waals surface area contributed by atoms with Gasteiger partial charge in [0, 0.05) is 17.7 Å². The Morgan fingerprint density at radius 2 is 1.61 bits per heavy atom. The Labute approximate surface area is 174 Å². The highest BCUT2D eigenvalue weighted by Gasteiger charge is 2.18.